The van der Waals surface area contributed by atoms with E-state index in [0.29, 0.717) is 0 Å². The molecule has 0 saturated carbocycles. The molecule has 0 N–H and O–H groups in total. The van der Waals surface area contributed by atoms with E-state index in [-0.39, 0.29) is 0 Å². The summed E-state index contributed by atoms with van der Waals surface area (Å²) in [6.07, 6.45) is 0. The Hall–Kier alpha value is 1.16. The summed E-state index contributed by atoms with van der Waals surface area (Å²) >= 11 is -11.3. The van der Waals surface area contributed by atoms with E-state index in [4.69, 9.17) is 0 Å². The molecule has 0 fully saturated rings. The van der Waals surface area contributed by atoms with Crippen LogP contribution >= 0.6 is 0 Å². The van der Waals surface area contributed by atoms with Gasteiger partial charge in [0.05, 0.1) is 0 Å². The molecular formula is EuF6. The molecule has 0 radical (unpaired) electrons. The second-order valence-corrected chi connectivity index (χ2v) is 6.01. The molecule has 0 bridgehead atoms. The summed E-state index contributed by atoms with van der Waals surface area (Å²) in [5, 5.41) is 0. The molecule has 0 aliphatic rings. The molecule has 49 valence electrons. The fourth-order valence-corrected chi connectivity index (χ4v) is 0. The van der Waals surface area contributed by atoms with E-state index in [9.17, 15) is 0.153 Å². The molecule has 0 aromatic carbocycles. The van der Waals surface area contributed by atoms with Crippen molar-refractivity contribution in [2.75, 3.05) is 0 Å². The van der Waals surface area contributed by atoms with Crippen LogP contribution in [0.25, 0.3) is 0 Å². The Bertz CT molecular complexity index is 62.7. The molecule has 0 aromatic rings. The van der Waals surface area contributed by atoms with Gasteiger partial charge >= 0.3 is 40.9 Å². The van der Waals surface area contributed by atoms with Gasteiger partial charge in [-0.25, -0.2) is 0 Å². The molecule has 0 nitrogen and oxygen atoms in total. The van der Waals surface area contributed by atoms with E-state index < -0.39 is 40.8 Å². The van der Waals surface area contributed by atoms with E-state index in [0.717, 1.165) is 0 Å². The molecule has 0 aliphatic heterocycles. The topological polar surface area (TPSA) is 0 Å². The van der Waals surface area contributed by atoms with Gasteiger partial charge in [-0.3, -0.25) is 0 Å². The molecule has 0 atom stereocenters. The van der Waals surface area contributed by atoms with Crippen LogP contribution in [-0.4, -0.2) is 0 Å². The average molecular weight is 266 g/mol. The van der Waals surface area contributed by atoms with Gasteiger partial charge in [-0.05, 0) is 0 Å². The van der Waals surface area contributed by atoms with Crippen molar-refractivity contribution in [1.29, 1.82) is 0 Å². The Balaban J connectivity index is 4.43. The van der Waals surface area contributed by atoms with Gasteiger partial charge in [-0.2, -0.15) is 0 Å². The molecule has 0 unspecified atom stereocenters. The molecule has 0 amide bonds. The number of hydrogen-bond acceptors (Lipinski definition) is 0. The number of rotatable bonds is 0. The molecule has 0 saturated heterocycles. The third-order valence-electron chi connectivity index (χ3n) is 0. The Morgan fingerprint density at radius 1 is 0.571 bits per heavy atom. The summed E-state index contributed by atoms with van der Waals surface area (Å²) in [4.78, 5) is 0. The van der Waals surface area contributed by atoms with Crippen LogP contribution in [0.4, 0.5) is 0.153 Å². The minimum atomic E-state index is -11.3. The monoisotopic (exact) mass is 267 g/mol. The van der Waals surface area contributed by atoms with E-state index in [2.05, 4.69) is 0 Å². The van der Waals surface area contributed by atoms with Crippen molar-refractivity contribution in [1.82, 2.24) is 0 Å². The summed E-state index contributed by atoms with van der Waals surface area (Å²) < 4.78 is 59.6. The van der Waals surface area contributed by atoms with E-state index in [1.54, 1.807) is 0 Å². The minimum absolute atomic E-state index is 9.93. The summed E-state index contributed by atoms with van der Waals surface area (Å²) in [5.41, 5.74) is 0. The van der Waals surface area contributed by atoms with Gasteiger partial charge in [0, 0.05) is 0 Å². The maximum absolute atomic E-state index is 11.3. The molecule has 7 heavy (non-hydrogen) atoms. The zero-order chi connectivity index (χ0) is 6.41. The van der Waals surface area contributed by atoms with E-state index >= 15 is 0 Å². The van der Waals surface area contributed by atoms with Crippen LogP contribution < -0.4 is 0 Å². The molecule has 0 spiro atoms. The van der Waals surface area contributed by atoms with Crippen LogP contribution in [0, 0.1) is 40.8 Å². The Morgan fingerprint density at radius 2 is 0.571 bits per heavy atom. The quantitative estimate of drug-likeness (QED) is 0.591. The first-order chi connectivity index (χ1) is 2.45. The third kappa shape index (κ3) is 141. The van der Waals surface area contributed by atoms with Gasteiger partial charge in [0.25, 0.3) is 0 Å². The van der Waals surface area contributed by atoms with Crippen LogP contribution in [0.1, 0.15) is 0 Å². The van der Waals surface area contributed by atoms with Gasteiger partial charge in [-0.1, -0.05) is 0 Å². The predicted octanol–water partition coefficient (Wildman–Crippen LogP) is 2.52. The van der Waals surface area contributed by atoms with Crippen LogP contribution in [-0.2, 0) is 0 Å². The summed E-state index contributed by atoms with van der Waals surface area (Å²) in [5.74, 6) is 0. The van der Waals surface area contributed by atoms with E-state index in [1.165, 1.54) is 0 Å². The second kappa shape index (κ2) is 1.04. The zero-order valence-corrected chi connectivity index (χ0v) is 5.07. The SMILES string of the molecule is [F][Eu]([F])([F])([F])([F])[F]. The molecule has 0 aliphatic carbocycles. The van der Waals surface area contributed by atoms with Gasteiger partial charge in [0.2, 0.25) is 0 Å². The first kappa shape index (κ1) is 8.16. The van der Waals surface area contributed by atoms with Crippen molar-refractivity contribution in [3.63, 3.8) is 0 Å². The first-order valence-corrected chi connectivity index (χ1v) is 6.36. The van der Waals surface area contributed by atoms with Crippen LogP contribution in [0.5, 0.6) is 0 Å². The predicted molar refractivity (Wildman–Crippen MR) is 6.65 cm³/mol. The van der Waals surface area contributed by atoms with Crippen molar-refractivity contribution >= 4 is 0 Å². The van der Waals surface area contributed by atoms with Crippen molar-refractivity contribution in [2.45, 2.75) is 0 Å². The van der Waals surface area contributed by atoms with Crippen LogP contribution in [0.2, 0.25) is 0 Å². The van der Waals surface area contributed by atoms with Crippen LogP contribution in [0.3, 0.4) is 0 Å². The van der Waals surface area contributed by atoms with Crippen molar-refractivity contribution in [3.8, 4) is 0 Å². The van der Waals surface area contributed by atoms with Gasteiger partial charge in [0.1, 0.15) is 0 Å². The van der Waals surface area contributed by atoms with Gasteiger partial charge in [0.15, 0.2) is 0 Å². The van der Waals surface area contributed by atoms with Gasteiger partial charge < -0.3 is 0 Å². The Morgan fingerprint density at radius 3 is 0.571 bits per heavy atom. The molecular weight excluding hydrogens is 266 g/mol. The first-order valence-electron chi connectivity index (χ1n) is 0.857. The number of hydrogen-bond donors (Lipinski definition) is 0. The summed E-state index contributed by atoms with van der Waals surface area (Å²) in [6, 6.07) is 0. The molecule has 0 aromatic heterocycles. The van der Waals surface area contributed by atoms with E-state index in [1.807, 2.05) is 0 Å². The van der Waals surface area contributed by atoms with Crippen molar-refractivity contribution in [3.05, 3.63) is 0 Å². The Kier molecular flexibility index (Phi) is 1.22. The standard InChI is InChI=1S/Eu.6FH/h;6*1H/q+6;;;;;;/p-6. The van der Waals surface area contributed by atoms with Crippen LogP contribution in [0.15, 0.2) is 0 Å². The van der Waals surface area contributed by atoms with Crippen molar-refractivity contribution < 1.29 is 40.9 Å². The fourth-order valence-electron chi connectivity index (χ4n) is 0. The molecule has 7 heteroatoms. The molecule has 0 heterocycles. The average Bonchev–Trinajstić information content (AvgIpc) is 0.592. The second-order valence-electron chi connectivity index (χ2n) is 0.810. The summed E-state index contributed by atoms with van der Waals surface area (Å²) in [6.45, 7) is 0. The fraction of sp³-hybridized carbons (Fsp3) is 0. The molecule has 0 rings (SSSR count). The number of halogens is 6. The van der Waals surface area contributed by atoms with Gasteiger partial charge in [-0.15, -0.1) is 0 Å². The zero-order valence-electron chi connectivity index (χ0n) is 2.65. The maximum atomic E-state index is 9.93. The third-order valence-corrected chi connectivity index (χ3v) is 0. The van der Waals surface area contributed by atoms with Crippen molar-refractivity contribution in [2.24, 2.45) is 0 Å². The summed E-state index contributed by atoms with van der Waals surface area (Å²) in [7, 11) is 0. The normalized spacial score (nSPS) is 23.1. The Labute approximate surface area is 40.1 Å².